The van der Waals surface area contributed by atoms with Crippen LogP contribution in [0.4, 0.5) is 0 Å². The summed E-state index contributed by atoms with van der Waals surface area (Å²) in [5.74, 6) is 0.945. The van der Waals surface area contributed by atoms with Gasteiger partial charge in [-0.15, -0.1) is 0 Å². The first-order chi connectivity index (χ1) is 7.58. The zero-order valence-electron chi connectivity index (χ0n) is 10.6. The van der Waals surface area contributed by atoms with Crippen LogP contribution in [0, 0.1) is 5.41 Å². The molecule has 1 rings (SSSR count). The molecule has 0 aliphatic rings. The monoisotopic (exact) mass is 221 g/mol. The minimum Gasteiger partial charge on any atom is -0.492 e. The molecule has 16 heavy (non-hydrogen) atoms. The van der Waals surface area contributed by atoms with Crippen LogP contribution in [0.5, 0.6) is 5.75 Å². The maximum atomic E-state index is 5.58. The van der Waals surface area contributed by atoms with Crippen molar-refractivity contribution in [3.05, 3.63) is 30.3 Å². The van der Waals surface area contributed by atoms with Crippen LogP contribution in [0.3, 0.4) is 0 Å². The molecule has 2 heteroatoms. The van der Waals surface area contributed by atoms with Crippen LogP contribution in [0.1, 0.15) is 27.2 Å². The minimum atomic E-state index is 0.410. The van der Waals surface area contributed by atoms with Crippen molar-refractivity contribution in [2.24, 2.45) is 5.41 Å². The van der Waals surface area contributed by atoms with E-state index in [9.17, 15) is 0 Å². The van der Waals surface area contributed by atoms with Crippen molar-refractivity contribution >= 4 is 0 Å². The van der Waals surface area contributed by atoms with Gasteiger partial charge in [-0.2, -0.15) is 0 Å². The van der Waals surface area contributed by atoms with Gasteiger partial charge in [0.1, 0.15) is 12.4 Å². The molecule has 1 N–H and O–H groups in total. The molecular weight excluding hydrogens is 198 g/mol. The molecule has 1 aromatic rings. The Kier molecular flexibility index (Phi) is 5.33. The summed E-state index contributed by atoms with van der Waals surface area (Å²) in [6, 6.07) is 9.93. The molecule has 0 spiro atoms. The van der Waals surface area contributed by atoms with Crippen LogP contribution in [0.15, 0.2) is 30.3 Å². The van der Waals surface area contributed by atoms with Gasteiger partial charge in [0.25, 0.3) is 0 Å². The summed E-state index contributed by atoms with van der Waals surface area (Å²) in [6.07, 6.45) is 1.19. The standard InChI is InChI=1S/C14H23NO/c1-14(2,3)9-10-15-11-12-16-13-7-5-4-6-8-13/h4-8,15H,9-12H2,1-3H3. The molecule has 0 saturated heterocycles. The Balaban J connectivity index is 2.01. The Morgan fingerprint density at radius 3 is 2.38 bits per heavy atom. The smallest absolute Gasteiger partial charge is 0.119 e. The molecule has 0 aliphatic heterocycles. The molecule has 0 atom stereocenters. The van der Waals surface area contributed by atoms with Crippen LogP contribution in [-0.2, 0) is 0 Å². The molecule has 2 nitrogen and oxygen atoms in total. The number of nitrogens with one attached hydrogen (secondary N) is 1. The molecule has 1 aromatic carbocycles. The lowest BCUT2D eigenvalue weighted by Gasteiger charge is -2.18. The quantitative estimate of drug-likeness (QED) is 0.745. The van der Waals surface area contributed by atoms with Crippen molar-refractivity contribution in [3.63, 3.8) is 0 Å². The van der Waals surface area contributed by atoms with Gasteiger partial charge in [-0.05, 0) is 30.5 Å². The van der Waals surface area contributed by atoms with E-state index in [0.29, 0.717) is 5.41 Å². The summed E-state index contributed by atoms with van der Waals surface area (Å²) >= 11 is 0. The number of hydrogen-bond donors (Lipinski definition) is 1. The van der Waals surface area contributed by atoms with Gasteiger partial charge in [0.2, 0.25) is 0 Å². The third-order valence-electron chi connectivity index (χ3n) is 2.34. The van der Waals surface area contributed by atoms with Gasteiger partial charge in [-0.3, -0.25) is 0 Å². The molecule has 0 radical (unpaired) electrons. The Hall–Kier alpha value is -1.02. The van der Waals surface area contributed by atoms with E-state index < -0.39 is 0 Å². The fourth-order valence-electron chi connectivity index (χ4n) is 1.35. The lowest BCUT2D eigenvalue weighted by atomic mass is 9.92. The van der Waals surface area contributed by atoms with Crippen LogP contribution >= 0.6 is 0 Å². The van der Waals surface area contributed by atoms with Gasteiger partial charge in [0.15, 0.2) is 0 Å². The highest BCUT2D eigenvalue weighted by molar-refractivity contribution is 5.20. The maximum absolute atomic E-state index is 5.58. The minimum absolute atomic E-state index is 0.410. The maximum Gasteiger partial charge on any atom is 0.119 e. The first kappa shape index (κ1) is 13.0. The van der Waals surface area contributed by atoms with E-state index in [4.69, 9.17) is 4.74 Å². The van der Waals surface area contributed by atoms with Crippen molar-refractivity contribution in [3.8, 4) is 5.75 Å². The third-order valence-corrected chi connectivity index (χ3v) is 2.34. The predicted octanol–water partition coefficient (Wildman–Crippen LogP) is 3.09. The van der Waals surface area contributed by atoms with Crippen molar-refractivity contribution in [2.45, 2.75) is 27.2 Å². The highest BCUT2D eigenvalue weighted by Crippen LogP contribution is 2.16. The summed E-state index contributed by atoms with van der Waals surface area (Å²) in [6.45, 7) is 9.47. The van der Waals surface area contributed by atoms with E-state index in [0.717, 1.165) is 25.4 Å². The molecular formula is C14H23NO. The van der Waals surface area contributed by atoms with Gasteiger partial charge in [0.05, 0.1) is 0 Å². The van der Waals surface area contributed by atoms with Crippen LogP contribution in [-0.4, -0.2) is 19.7 Å². The second kappa shape index (κ2) is 6.54. The number of ether oxygens (including phenoxy) is 1. The molecule has 90 valence electrons. The summed E-state index contributed by atoms with van der Waals surface area (Å²) in [7, 11) is 0. The average molecular weight is 221 g/mol. The van der Waals surface area contributed by atoms with E-state index in [2.05, 4.69) is 26.1 Å². The highest BCUT2D eigenvalue weighted by Gasteiger charge is 2.08. The Bertz CT molecular complexity index is 277. The van der Waals surface area contributed by atoms with E-state index in [1.54, 1.807) is 0 Å². The number of rotatable bonds is 6. The summed E-state index contributed by atoms with van der Waals surface area (Å²) in [5.41, 5.74) is 0.410. The molecule has 0 fully saturated rings. The zero-order chi connectivity index (χ0) is 11.9. The van der Waals surface area contributed by atoms with Crippen molar-refractivity contribution < 1.29 is 4.74 Å². The Morgan fingerprint density at radius 1 is 1.06 bits per heavy atom. The third kappa shape index (κ3) is 6.46. The number of para-hydroxylation sites is 1. The SMILES string of the molecule is CC(C)(C)CCNCCOc1ccccc1. The summed E-state index contributed by atoms with van der Waals surface area (Å²) in [5, 5.41) is 3.39. The van der Waals surface area contributed by atoms with Gasteiger partial charge in [0, 0.05) is 6.54 Å². The van der Waals surface area contributed by atoms with Gasteiger partial charge < -0.3 is 10.1 Å². The lowest BCUT2D eigenvalue weighted by molar-refractivity contribution is 0.304. The first-order valence-electron chi connectivity index (χ1n) is 5.96. The Morgan fingerprint density at radius 2 is 1.75 bits per heavy atom. The fourth-order valence-corrected chi connectivity index (χ4v) is 1.35. The highest BCUT2D eigenvalue weighted by atomic mass is 16.5. The van der Waals surface area contributed by atoms with Crippen molar-refractivity contribution in [1.29, 1.82) is 0 Å². The number of hydrogen-bond acceptors (Lipinski definition) is 2. The summed E-state index contributed by atoms with van der Waals surface area (Å²) < 4.78 is 5.58. The first-order valence-corrected chi connectivity index (χ1v) is 5.96. The van der Waals surface area contributed by atoms with E-state index >= 15 is 0 Å². The van der Waals surface area contributed by atoms with Crippen LogP contribution in [0.2, 0.25) is 0 Å². The summed E-state index contributed by atoms with van der Waals surface area (Å²) in [4.78, 5) is 0. The van der Waals surface area contributed by atoms with Crippen molar-refractivity contribution in [2.75, 3.05) is 19.7 Å². The van der Waals surface area contributed by atoms with Crippen LogP contribution in [0.25, 0.3) is 0 Å². The lowest BCUT2D eigenvalue weighted by Crippen LogP contribution is -2.25. The molecule has 0 heterocycles. The average Bonchev–Trinajstić information content (AvgIpc) is 2.23. The topological polar surface area (TPSA) is 21.3 Å². The van der Waals surface area contributed by atoms with Gasteiger partial charge in [-0.25, -0.2) is 0 Å². The zero-order valence-corrected chi connectivity index (χ0v) is 10.6. The molecule has 0 amide bonds. The molecule has 0 saturated carbocycles. The molecule has 0 bridgehead atoms. The molecule has 0 aromatic heterocycles. The second-order valence-electron chi connectivity index (χ2n) is 5.22. The predicted molar refractivity (Wildman–Crippen MR) is 68.9 cm³/mol. The van der Waals surface area contributed by atoms with Crippen molar-refractivity contribution in [1.82, 2.24) is 5.32 Å². The van der Waals surface area contributed by atoms with E-state index in [1.807, 2.05) is 30.3 Å². The van der Waals surface area contributed by atoms with E-state index in [-0.39, 0.29) is 0 Å². The van der Waals surface area contributed by atoms with E-state index in [1.165, 1.54) is 6.42 Å². The van der Waals surface area contributed by atoms with Crippen LogP contribution < -0.4 is 10.1 Å². The largest absolute Gasteiger partial charge is 0.492 e. The normalized spacial score (nSPS) is 11.4. The number of benzene rings is 1. The van der Waals surface area contributed by atoms with Gasteiger partial charge >= 0.3 is 0 Å². The molecule has 0 aliphatic carbocycles. The second-order valence-corrected chi connectivity index (χ2v) is 5.22. The Labute approximate surface area is 99.0 Å². The van der Waals surface area contributed by atoms with Gasteiger partial charge in [-0.1, -0.05) is 39.0 Å². The fraction of sp³-hybridized carbons (Fsp3) is 0.571. The molecule has 0 unspecified atom stereocenters.